The molecule has 0 atom stereocenters. The Bertz CT molecular complexity index is 632. The first kappa shape index (κ1) is 14.9. The molecule has 0 aliphatic heterocycles. The molecule has 1 N–H and O–H groups in total. The van der Waals surface area contributed by atoms with E-state index in [9.17, 15) is 13.2 Å². The number of aromatic nitrogens is 2. The van der Waals surface area contributed by atoms with Gasteiger partial charge in [-0.15, -0.1) is 13.2 Å². The number of hydrogen-bond donors (Lipinski definition) is 1. The molecule has 0 saturated heterocycles. The molecule has 0 fully saturated rings. The van der Waals surface area contributed by atoms with E-state index >= 15 is 0 Å². The van der Waals surface area contributed by atoms with Crippen LogP contribution < -0.4 is 14.8 Å². The van der Waals surface area contributed by atoms with Crippen LogP contribution in [0.4, 0.5) is 19.0 Å². The van der Waals surface area contributed by atoms with Crippen LogP contribution in [0.25, 0.3) is 11.3 Å². The fourth-order valence-corrected chi connectivity index (χ4v) is 1.81. The third-order valence-corrected chi connectivity index (χ3v) is 2.61. The van der Waals surface area contributed by atoms with E-state index in [1.54, 1.807) is 13.1 Å². The zero-order chi connectivity index (χ0) is 15.5. The van der Waals surface area contributed by atoms with E-state index in [2.05, 4.69) is 20.0 Å². The minimum absolute atomic E-state index is 0.158. The number of methoxy groups -OCH3 is 1. The summed E-state index contributed by atoms with van der Waals surface area (Å²) in [5.74, 6) is 0.242. The maximum Gasteiger partial charge on any atom is 0.573 e. The average Bonchev–Trinajstić information content (AvgIpc) is 2.45. The molecule has 0 bridgehead atoms. The Labute approximate surface area is 118 Å². The Morgan fingerprint density at radius 2 is 1.86 bits per heavy atom. The van der Waals surface area contributed by atoms with Gasteiger partial charge in [-0.25, -0.2) is 9.97 Å². The standard InChI is InChI=1S/C13H12F3N3O2/c1-17-12-11(20-2)10(18-7-19-12)8-5-3-4-6-9(8)21-13(14,15)16/h3-7H,1-2H3,(H,17,18,19). The Morgan fingerprint density at radius 3 is 2.48 bits per heavy atom. The van der Waals surface area contributed by atoms with Gasteiger partial charge in [0, 0.05) is 12.6 Å². The van der Waals surface area contributed by atoms with Crippen LogP contribution in [0, 0.1) is 0 Å². The monoisotopic (exact) mass is 299 g/mol. The second-order valence-electron chi connectivity index (χ2n) is 3.90. The molecule has 5 nitrogen and oxygen atoms in total. The van der Waals surface area contributed by atoms with E-state index in [4.69, 9.17) is 4.74 Å². The predicted octanol–water partition coefficient (Wildman–Crippen LogP) is 3.09. The SMILES string of the molecule is CNc1ncnc(-c2ccccc2OC(F)(F)F)c1OC. The van der Waals surface area contributed by atoms with Gasteiger partial charge in [-0.3, -0.25) is 0 Å². The van der Waals surface area contributed by atoms with E-state index < -0.39 is 6.36 Å². The number of hydrogen-bond acceptors (Lipinski definition) is 5. The van der Waals surface area contributed by atoms with Gasteiger partial charge in [0.2, 0.25) is 0 Å². The van der Waals surface area contributed by atoms with Crippen molar-refractivity contribution in [2.75, 3.05) is 19.5 Å². The van der Waals surface area contributed by atoms with Crippen molar-refractivity contribution in [3.05, 3.63) is 30.6 Å². The van der Waals surface area contributed by atoms with Crippen LogP contribution in [0.3, 0.4) is 0 Å². The van der Waals surface area contributed by atoms with Gasteiger partial charge in [0.05, 0.1) is 7.11 Å². The summed E-state index contributed by atoms with van der Waals surface area (Å²) in [6.07, 6.45) is -3.56. The number of rotatable bonds is 4. The summed E-state index contributed by atoms with van der Waals surface area (Å²) in [4.78, 5) is 7.94. The summed E-state index contributed by atoms with van der Waals surface area (Å²) in [6.45, 7) is 0. The minimum Gasteiger partial charge on any atom is -0.491 e. The molecule has 112 valence electrons. The molecule has 21 heavy (non-hydrogen) atoms. The molecule has 0 spiro atoms. The van der Waals surface area contributed by atoms with Gasteiger partial charge < -0.3 is 14.8 Å². The van der Waals surface area contributed by atoms with Gasteiger partial charge in [0.15, 0.2) is 11.6 Å². The Hall–Kier alpha value is -2.51. The molecular formula is C13H12F3N3O2. The highest BCUT2D eigenvalue weighted by Gasteiger charge is 2.32. The van der Waals surface area contributed by atoms with Crippen molar-refractivity contribution in [2.24, 2.45) is 0 Å². The van der Waals surface area contributed by atoms with Crippen molar-refractivity contribution >= 4 is 5.82 Å². The molecule has 1 aromatic heterocycles. The fourth-order valence-electron chi connectivity index (χ4n) is 1.81. The fraction of sp³-hybridized carbons (Fsp3) is 0.231. The first-order valence-corrected chi connectivity index (χ1v) is 5.88. The number of benzene rings is 1. The van der Waals surface area contributed by atoms with Crippen LogP contribution in [0.1, 0.15) is 0 Å². The Balaban J connectivity index is 2.57. The number of para-hydroxylation sites is 1. The van der Waals surface area contributed by atoms with Gasteiger partial charge in [0.25, 0.3) is 0 Å². The summed E-state index contributed by atoms with van der Waals surface area (Å²) < 4.78 is 46.6. The lowest BCUT2D eigenvalue weighted by Crippen LogP contribution is -2.17. The quantitative estimate of drug-likeness (QED) is 0.940. The van der Waals surface area contributed by atoms with Crippen LogP contribution >= 0.6 is 0 Å². The summed E-state index contributed by atoms with van der Waals surface area (Å²) in [5, 5.41) is 2.79. The molecule has 0 amide bonds. The second kappa shape index (κ2) is 5.86. The number of alkyl halides is 3. The predicted molar refractivity (Wildman–Crippen MR) is 70.2 cm³/mol. The summed E-state index contributed by atoms with van der Waals surface area (Å²) in [5.41, 5.74) is 0.363. The van der Waals surface area contributed by atoms with Crippen molar-refractivity contribution in [2.45, 2.75) is 6.36 Å². The zero-order valence-corrected chi connectivity index (χ0v) is 11.2. The normalized spacial score (nSPS) is 11.1. The van der Waals surface area contributed by atoms with Crippen molar-refractivity contribution in [3.8, 4) is 22.8 Å². The highest BCUT2D eigenvalue weighted by atomic mass is 19.4. The summed E-state index contributed by atoms with van der Waals surface area (Å²) in [7, 11) is 3.00. The lowest BCUT2D eigenvalue weighted by Gasteiger charge is -2.15. The topological polar surface area (TPSA) is 56.3 Å². The van der Waals surface area contributed by atoms with Crippen molar-refractivity contribution < 1.29 is 22.6 Å². The molecule has 2 rings (SSSR count). The van der Waals surface area contributed by atoms with Crippen LogP contribution in [-0.4, -0.2) is 30.5 Å². The third kappa shape index (κ3) is 3.33. The van der Waals surface area contributed by atoms with E-state index in [0.29, 0.717) is 5.82 Å². The molecule has 0 radical (unpaired) electrons. The Morgan fingerprint density at radius 1 is 1.14 bits per heavy atom. The van der Waals surface area contributed by atoms with Gasteiger partial charge in [0.1, 0.15) is 17.8 Å². The minimum atomic E-state index is -4.79. The van der Waals surface area contributed by atoms with Crippen LogP contribution in [0.5, 0.6) is 11.5 Å². The van der Waals surface area contributed by atoms with Gasteiger partial charge in [-0.2, -0.15) is 0 Å². The maximum absolute atomic E-state index is 12.5. The van der Waals surface area contributed by atoms with Crippen LogP contribution in [-0.2, 0) is 0 Å². The highest BCUT2D eigenvalue weighted by Crippen LogP contribution is 2.39. The van der Waals surface area contributed by atoms with E-state index in [0.717, 1.165) is 0 Å². The van der Waals surface area contributed by atoms with E-state index in [1.165, 1.54) is 31.6 Å². The lowest BCUT2D eigenvalue weighted by atomic mass is 10.1. The van der Waals surface area contributed by atoms with Gasteiger partial charge >= 0.3 is 6.36 Å². The third-order valence-electron chi connectivity index (χ3n) is 2.61. The van der Waals surface area contributed by atoms with Crippen LogP contribution in [0.15, 0.2) is 30.6 Å². The van der Waals surface area contributed by atoms with Crippen molar-refractivity contribution in [1.82, 2.24) is 9.97 Å². The van der Waals surface area contributed by atoms with Gasteiger partial charge in [-0.05, 0) is 12.1 Å². The molecule has 0 aliphatic carbocycles. The molecular weight excluding hydrogens is 287 g/mol. The molecule has 1 heterocycles. The number of ether oxygens (including phenoxy) is 2. The summed E-state index contributed by atoms with van der Waals surface area (Å²) in [6, 6.07) is 5.70. The highest BCUT2D eigenvalue weighted by molar-refractivity contribution is 5.76. The second-order valence-corrected chi connectivity index (χ2v) is 3.90. The first-order valence-electron chi connectivity index (χ1n) is 5.88. The molecule has 1 aromatic carbocycles. The lowest BCUT2D eigenvalue weighted by molar-refractivity contribution is -0.274. The Kier molecular flexibility index (Phi) is 4.15. The summed E-state index contributed by atoms with van der Waals surface area (Å²) >= 11 is 0. The molecule has 8 heteroatoms. The molecule has 2 aromatic rings. The smallest absolute Gasteiger partial charge is 0.491 e. The van der Waals surface area contributed by atoms with E-state index in [1.807, 2.05) is 0 Å². The van der Waals surface area contributed by atoms with Gasteiger partial charge in [-0.1, -0.05) is 12.1 Å². The molecule has 0 saturated carbocycles. The largest absolute Gasteiger partial charge is 0.573 e. The molecule has 0 aliphatic rings. The van der Waals surface area contributed by atoms with Crippen LogP contribution in [0.2, 0.25) is 0 Å². The van der Waals surface area contributed by atoms with Crippen molar-refractivity contribution in [1.29, 1.82) is 0 Å². The maximum atomic E-state index is 12.5. The van der Waals surface area contributed by atoms with E-state index in [-0.39, 0.29) is 22.8 Å². The molecule has 0 unspecified atom stereocenters. The average molecular weight is 299 g/mol. The number of anilines is 1. The zero-order valence-electron chi connectivity index (χ0n) is 11.2. The van der Waals surface area contributed by atoms with Crippen molar-refractivity contribution in [3.63, 3.8) is 0 Å². The number of halogens is 3. The number of nitrogens with one attached hydrogen (secondary N) is 1. The first-order chi connectivity index (χ1) is 9.96. The number of nitrogens with zero attached hydrogens (tertiary/aromatic N) is 2.